The molecule has 1 heterocycles. The van der Waals surface area contributed by atoms with Gasteiger partial charge < -0.3 is 36.0 Å². The van der Waals surface area contributed by atoms with E-state index in [0.29, 0.717) is 84.4 Å². The molecule has 0 aromatic carbocycles. The van der Waals surface area contributed by atoms with Crippen molar-refractivity contribution in [2.24, 2.45) is 0 Å². The topological polar surface area (TPSA) is 86.7 Å². The van der Waals surface area contributed by atoms with E-state index in [2.05, 4.69) is 12.1 Å². The molecule has 0 spiro atoms. The van der Waals surface area contributed by atoms with Gasteiger partial charge in [0.1, 0.15) is 0 Å². The zero-order valence-electron chi connectivity index (χ0n) is 23.6. The van der Waals surface area contributed by atoms with E-state index < -0.39 is 17.6 Å². The van der Waals surface area contributed by atoms with Crippen LogP contribution in [0.15, 0.2) is 12.1 Å². The van der Waals surface area contributed by atoms with Crippen molar-refractivity contribution in [1.29, 1.82) is 0 Å². The van der Waals surface area contributed by atoms with Crippen LogP contribution in [-0.2, 0) is 55.5 Å². The summed E-state index contributed by atoms with van der Waals surface area (Å²) in [5.74, 6) is 0. The average molecular weight is 548 g/mol. The molecule has 0 saturated heterocycles. The molecular formula is C25H49NO8Si2. The SMILES string of the molecule is CCO[Si](CCc1cc(COCCOC)cc(CC[Si](OCC)(OCC)OCC)n1)(OCC)OCC. The van der Waals surface area contributed by atoms with Gasteiger partial charge in [-0.2, -0.15) is 0 Å². The first-order valence-electron chi connectivity index (χ1n) is 13.3. The Labute approximate surface area is 220 Å². The van der Waals surface area contributed by atoms with Crippen molar-refractivity contribution in [3.63, 3.8) is 0 Å². The molecule has 0 amide bonds. The third-order valence-electron chi connectivity index (χ3n) is 5.25. The summed E-state index contributed by atoms with van der Waals surface area (Å²) in [6, 6.07) is 5.52. The van der Waals surface area contributed by atoms with Crippen LogP contribution < -0.4 is 0 Å². The Kier molecular flexibility index (Phi) is 17.9. The minimum atomic E-state index is -2.77. The zero-order chi connectivity index (χ0) is 26.7. The van der Waals surface area contributed by atoms with Gasteiger partial charge in [-0.05, 0) is 72.1 Å². The van der Waals surface area contributed by atoms with Gasteiger partial charge in [0.2, 0.25) is 0 Å². The van der Waals surface area contributed by atoms with Crippen molar-refractivity contribution in [3.05, 3.63) is 29.1 Å². The van der Waals surface area contributed by atoms with Gasteiger partial charge in [-0.3, -0.25) is 4.98 Å². The Morgan fingerprint density at radius 3 is 1.33 bits per heavy atom. The van der Waals surface area contributed by atoms with E-state index in [0.717, 1.165) is 17.0 Å². The van der Waals surface area contributed by atoms with Crippen LogP contribution in [0.25, 0.3) is 0 Å². The molecular weight excluding hydrogens is 498 g/mol. The van der Waals surface area contributed by atoms with Crippen LogP contribution in [0.1, 0.15) is 58.5 Å². The average Bonchev–Trinajstić information content (AvgIpc) is 2.85. The number of hydrogen-bond donors (Lipinski definition) is 0. The van der Waals surface area contributed by atoms with Crippen LogP contribution in [0, 0.1) is 0 Å². The molecule has 210 valence electrons. The highest BCUT2D eigenvalue weighted by Gasteiger charge is 2.41. The minimum absolute atomic E-state index is 0.488. The fraction of sp³-hybridized carbons (Fsp3) is 0.800. The number of nitrogens with zero attached hydrogens (tertiary/aromatic N) is 1. The Bertz CT molecular complexity index is 616. The molecule has 0 saturated carbocycles. The summed E-state index contributed by atoms with van der Waals surface area (Å²) in [6.45, 7) is 16.7. The lowest BCUT2D eigenvalue weighted by Gasteiger charge is -2.29. The summed E-state index contributed by atoms with van der Waals surface area (Å²) in [5, 5.41) is 0. The van der Waals surface area contributed by atoms with Gasteiger partial charge in [0.25, 0.3) is 0 Å². The van der Waals surface area contributed by atoms with Crippen molar-refractivity contribution in [2.45, 2.75) is 73.1 Å². The molecule has 1 rings (SSSR count). The van der Waals surface area contributed by atoms with Crippen molar-refractivity contribution >= 4 is 17.6 Å². The van der Waals surface area contributed by atoms with E-state index in [-0.39, 0.29) is 0 Å². The van der Waals surface area contributed by atoms with E-state index in [1.54, 1.807) is 7.11 Å². The second-order valence-corrected chi connectivity index (χ2v) is 13.4. The number of rotatable bonds is 23. The smallest absolute Gasteiger partial charge is 0.382 e. The quantitative estimate of drug-likeness (QED) is 0.146. The Hall–Kier alpha value is -0.736. The maximum absolute atomic E-state index is 6.04. The number of methoxy groups -OCH3 is 1. The lowest BCUT2D eigenvalue weighted by Crippen LogP contribution is -2.46. The summed E-state index contributed by atoms with van der Waals surface area (Å²) in [4.78, 5) is 4.98. The van der Waals surface area contributed by atoms with Crippen LogP contribution in [0.3, 0.4) is 0 Å². The number of aromatic nitrogens is 1. The van der Waals surface area contributed by atoms with Gasteiger partial charge in [0.15, 0.2) is 0 Å². The molecule has 0 atom stereocenters. The lowest BCUT2D eigenvalue weighted by molar-refractivity contribution is 0.0615. The standard InChI is InChI=1S/C25H49NO8Si2/c1-8-29-35(30-9-2,31-10-3)18-14-24-20-23(22-28-17-16-27-7)21-25(26-24)15-19-36(32-11-4,33-12-5)34-13-6/h20-21H,8-19,22H2,1-7H3. The van der Waals surface area contributed by atoms with Crippen LogP contribution in [0.5, 0.6) is 0 Å². The molecule has 36 heavy (non-hydrogen) atoms. The summed E-state index contributed by atoms with van der Waals surface area (Å²) >= 11 is 0. The highest BCUT2D eigenvalue weighted by Crippen LogP contribution is 2.22. The summed E-state index contributed by atoms with van der Waals surface area (Å²) in [5.41, 5.74) is 3.00. The molecule has 1 aromatic heterocycles. The molecule has 0 aliphatic carbocycles. The monoisotopic (exact) mass is 547 g/mol. The van der Waals surface area contributed by atoms with Crippen molar-refractivity contribution in [2.75, 3.05) is 60.0 Å². The fourth-order valence-corrected chi connectivity index (χ4v) is 9.08. The van der Waals surface area contributed by atoms with Crippen LogP contribution >= 0.6 is 0 Å². The molecule has 0 N–H and O–H groups in total. The molecule has 0 aliphatic heterocycles. The first-order valence-corrected chi connectivity index (χ1v) is 17.2. The number of hydrogen-bond acceptors (Lipinski definition) is 9. The Morgan fingerprint density at radius 2 is 1.00 bits per heavy atom. The molecule has 9 nitrogen and oxygen atoms in total. The highest BCUT2D eigenvalue weighted by atomic mass is 28.4. The summed E-state index contributed by atoms with van der Waals surface area (Å²) < 4.78 is 47.2. The van der Waals surface area contributed by atoms with Crippen LogP contribution in [-0.4, -0.2) is 82.6 Å². The molecule has 11 heteroatoms. The van der Waals surface area contributed by atoms with Crippen molar-refractivity contribution in [3.8, 4) is 0 Å². The van der Waals surface area contributed by atoms with Crippen LogP contribution in [0.2, 0.25) is 12.1 Å². The van der Waals surface area contributed by atoms with Gasteiger partial charge in [0.05, 0.1) is 19.8 Å². The van der Waals surface area contributed by atoms with Gasteiger partial charge in [0, 0.05) is 70.2 Å². The fourth-order valence-electron chi connectivity index (χ4n) is 3.96. The van der Waals surface area contributed by atoms with Gasteiger partial charge in [-0.15, -0.1) is 0 Å². The molecule has 0 aliphatic rings. The van der Waals surface area contributed by atoms with E-state index >= 15 is 0 Å². The van der Waals surface area contributed by atoms with E-state index in [1.165, 1.54) is 0 Å². The normalized spacial score (nSPS) is 12.4. The summed E-state index contributed by atoms with van der Waals surface area (Å²) in [6.07, 6.45) is 1.38. The van der Waals surface area contributed by atoms with E-state index in [4.69, 9.17) is 41.0 Å². The maximum Gasteiger partial charge on any atom is 0.501 e. The van der Waals surface area contributed by atoms with Gasteiger partial charge in [-0.1, -0.05) is 0 Å². The van der Waals surface area contributed by atoms with Gasteiger partial charge >= 0.3 is 17.6 Å². The van der Waals surface area contributed by atoms with E-state index in [9.17, 15) is 0 Å². The molecule has 0 unspecified atom stereocenters. The lowest BCUT2D eigenvalue weighted by atomic mass is 10.1. The third kappa shape index (κ3) is 12.2. The van der Waals surface area contributed by atoms with Crippen molar-refractivity contribution < 1.29 is 36.0 Å². The number of pyridine rings is 1. The van der Waals surface area contributed by atoms with Crippen molar-refractivity contribution in [1.82, 2.24) is 4.98 Å². The molecule has 0 radical (unpaired) electrons. The van der Waals surface area contributed by atoms with Crippen LogP contribution in [0.4, 0.5) is 0 Å². The Balaban J connectivity index is 3.13. The largest absolute Gasteiger partial charge is 0.501 e. The predicted octanol–water partition coefficient (Wildman–Crippen LogP) is 4.43. The van der Waals surface area contributed by atoms with E-state index in [1.807, 2.05) is 41.5 Å². The number of aryl methyl sites for hydroxylation is 2. The van der Waals surface area contributed by atoms with Gasteiger partial charge in [-0.25, -0.2) is 0 Å². The molecule has 0 bridgehead atoms. The summed E-state index contributed by atoms with van der Waals surface area (Å²) in [7, 11) is -3.87. The zero-order valence-corrected chi connectivity index (χ0v) is 25.6. The Morgan fingerprint density at radius 1 is 0.611 bits per heavy atom. The first-order chi connectivity index (χ1) is 17.5. The second-order valence-electron chi connectivity index (χ2n) is 7.97. The second kappa shape index (κ2) is 19.4. The molecule has 1 aromatic rings. The highest BCUT2D eigenvalue weighted by molar-refractivity contribution is 6.61. The third-order valence-corrected chi connectivity index (χ3v) is 11.3. The molecule has 0 fully saturated rings. The maximum atomic E-state index is 6.04. The predicted molar refractivity (Wildman–Crippen MR) is 144 cm³/mol. The number of ether oxygens (including phenoxy) is 2. The first kappa shape index (κ1) is 33.3. The minimum Gasteiger partial charge on any atom is -0.382 e.